The van der Waals surface area contributed by atoms with Gasteiger partial charge in [0.1, 0.15) is 0 Å². The fraction of sp³-hybridized carbons (Fsp3) is 0.333. The monoisotopic (exact) mass is 288 g/mol. The van der Waals surface area contributed by atoms with Gasteiger partial charge in [-0.05, 0) is 37.7 Å². The van der Waals surface area contributed by atoms with Gasteiger partial charge in [-0.2, -0.15) is 5.10 Å². The molecule has 106 valence electrons. The number of hydrogen-bond acceptors (Lipinski definition) is 2. The topological polar surface area (TPSA) is 41.9 Å². The SMILES string of the molecule is CCn1nccc1CNC(=S)NC(C)c1ccccc1. The zero-order chi connectivity index (χ0) is 14.4. The average Bonchev–Trinajstić information content (AvgIpc) is 2.93. The smallest absolute Gasteiger partial charge is 0.167 e. The molecule has 0 amide bonds. The van der Waals surface area contributed by atoms with Gasteiger partial charge in [-0.1, -0.05) is 30.3 Å². The number of rotatable bonds is 5. The van der Waals surface area contributed by atoms with Crippen molar-refractivity contribution in [3.63, 3.8) is 0 Å². The van der Waals surface area contributed by atoms with Crippen LogP contribution < -0.4 is 10.6 Å². The third kappa shape index (κ3) is 3.81. The van der Waals surface area contributed by atoms with E-state index in [9.17, 15) is 0 Å². The largest absolute Gasteiger partial charge is 0.357 e. The lowest BCUT2D eigenvalue weighted by molar-refractivity contribution is 0.608. The molecule has 1 unspecified atom stereocenters. The van der Waals surface area contributed by atoms with Gasteiger partial charge in [0.05, 0.1) is 18.3 Å². The molecule has 4 nitrogen and oxygen atoms in total. The summed E-state index contributed by atoms with van der Waals surface area (Å²) in [5.74, 6) is 0. The van der Waals surface area contributed by atoms with E-state index in [2.05, 4.69) is 41.7 Å². The van der Waals surface area contributed by atoms with Crippen LogP contribution in [0, 0.1) is 0 Å². The summed E-state index contributed by atoms with van der Waals surface area (Å²) in [5.41, 5.74) is 2.35. The first-order chi connectivity index (χ1) is 9.70. The van der Waals surface area contributed by atoms with Gasteiger partial charge >= 0.3 is 0 Å². The normalized spacial score (nSPS) is 11.9. The van der Waals surface area contributed by atoms with Gasteiger partial charge in [0.2, 0.25) is 0 Å². The number of nitrogens with zero attached hydrogens (tertiary/aromatic N) is 2. The summed E-state index contributed by atoms with van der Waals surface area (Å²) in [4.78, 5) is 0. The zero-order valence-electron chi connectivity index (χ0n) is 11.8. The van der Waals surface area contributed by atoms with Gasteiger partial charge < -0.3 is 10.6 Å². The molecule has 0 aliphatic rings. The molecule has 1 aromatic heterocycles. The van der Waals surface area contributed by atoms with Gasteiger partial charge in [-0.15, -0.1) is 0 Å². The van der Waals surface area contributed by atoms with Crippen molar-refractivity contribution in [1.82, 2.24) is 20.4 Å². The Morgan fingerprint density at radius 3 is 2.75 bits per heavy atom. The van der Waals surface area contributed by atoms with E-state index in [1.807, 2.05) is 35.1 Å². The Morgan fingerprint density at radius 2 is 2.05 bits per heavy atom. The number of thiocarbonyl (C=S) groups is 1. The van der Waals surface area contributed by atoms with Crippen LogP contribution in [-0.2, 0) is 13.1 Å². The number of aromatic nitrogens is 2. The predicted octanol–water partition coefficient (Wildman–Crippen LogP) is 2.63. The maximum atomic E-state index is 5.33. The Bertz CT molecular complexity index is 550. The van der Waals surface area contributed by atoms with E-state index in [0.29, 0.717) is 11.7 Å². The summed E-state index contributed by atoms with van der Waals surface area (Å²) in [6.07, 6.45) is 1.81. The number of nitrogens with one attached hydrogen (secondary N) is 2. The van der Waals surface area contributed by atoms with Gasteiger partial charge in [0, 0.05) is 12.7 Å². The Morgan fingerprint density at radius 1 is 1.30 bits per heavy atom. The first-order valence-electron chi connectivity index (χ1n) is 6.80. The van der Waals surface area contributed by atoms with E-state index < -0.39 is 0 Å². The van der Waals surface area contributed by atoms with Crippen molar-refractivity contribution < 1.29 is 0 Å². The van der Waals surface area contributed by atoms with Crippen molar-refractivity contribution in [1.29, 1.82) is 0 Å². The quantitative estimate of drug-likeness (QED) is 0.830. The maximum Gasteiger partial charge on any atom is 0.167 e. The van der Waals surface area contributed by atoms with Crippen molar-refractivity contribution in [3.05, 3.63) is 53.9 Å². The summed E-state index contributed by atoms with van der Waals surface area (Å²) in [7, 11) is 0. The Labute approximate surface area is 125 Å². The molecule has 1 atom stereocenters. The van der Waals surface area contributed by atoms with Gasteiger partial charge in [-0.3, -0.25) is 4.68 Å². The molecule has 1 heterocycles. The van der Waals surface area contributed by atoms with E-state index in [0.717, 1.165) is 12.2 Å². The van der Waals surface area contributed by atoms with Crippen LogP contribution in [0.25, 0.3) is 0 Å². The molecule has 5 heteroatoms. The van der Waals surface area contributed by atoms with Crippen molar-refractivity contribution >= 4 is 17.3 Å². The number of benzene rings is 1. The summed E-state index contributed by atoms with van der Waals surface area (Å²) < 4.78 is 1.95. The van der Waals surface area contributed by atoms with E-state index in [4.69, 9.17) is 12.2 Å². The second-order valence-electron chi connectivity index (χ2n) is 4.60. The second-order valence-corrected chi connectivity index (χ2v) is 5.01. The minimum absolute atomic E-state index is 0.187. The average molecular weight is 288 g/mol. The van der Waals surface area contributed by atoms with Crippen LogP contribution in [0.1, 0.15) is 31.1 Å². The summed E-state index contributed by atoms with van der Waals surface area (Å²) in [6.45, 7) is 5.72. The third-order valence-electron chi connectivity index (χ3n) is 3.18. The molecule has 2 rings (SSSR count). The highest BCUT2D eigenvalue weighted by Gasteiger charge is 2.07. The summed E-state index contributed by atoms with van der Waals surface area (Å²) in [5, 5.41) is 11.4. The minimum Gasteiger partial charge on any atom is -0.357 e. The minimum atomic E-state index is 0.187. The van der Waals surface area contributed by atoms with Crippen LogP contribution in [-0.4, -0.2) is 14.9 Å². The number of aryl methyl sites for hydroxylation is 1. The van der Waals surface area contributed by atoms with Crippen LogP contribution >= 0.6 is 12.2 Å². The fourth-order valence-corrected chi connectivity index (χ4v) is 2.29. The molecule has 0 fully saturated rings. The highest BCUT2D eigenvalue weighted by molar-refractivity contribution is 7.80. The lowest BCUT2D eigenvalue weighted by atomic mass is 10.1. The van der Waals surface area contributed by atoms with Crippen LogP contribution in [0.3, 0.4) is 0 Å². The Kier molecular flexibility index (Phi) is 5.12. The first kappa shape index (κ1) is 14.5. The molecular formula is C15H20N4S. The molecule has 0 radical (unpaired) electrons. The van der Waals surface area contributed by atoms with Crippen LogP contribution in [0.4, 0.5) is 0 Å². The van der Waals surface area contributed by atoms with E-state index in [1.165, 1.54) is 5.56 Å². The summed E-state index contributed by atoms with van der Waals surface area (Å²) in [6, 6.07) is 12.4. The van der Waals surface area contributed by atoms with E-state index in [1.54, 1.807) is 0 Å². The third-order valence-corrected chi connectivity index (χ3v) is 3.44. The standard InChI is InChI=1S/C15H20N4S/c1-3-19-14(9-10-17-19)11-16-15(20)18-12(2)13-7-5-4-6-8-13/h4-10,12H,3,11H2,1-2H3,(H2,16,18,20). The second kappa shape index (κ2) is 7.05. The lowest BCUT2D eigenvalue weighted by Gasteiger charge is -2.17. The van der Waals surface area contributed by atoms with Crippen molar-refractivity contribution in [2.45, 2.75) is 33.0 Å². The Balaban J connectivity index is 1.84. The molecule has 20 heavy (non-hydrogen) atoms. The highest BCUT2D eigenvalue weighted by Crippen LogP contribution is 2.10. The van der Waals surface area contributed by atoms with E-state index in [-0.39, 0.29) is 6.04 Å². The van der Waals surface area contributed by atoms with Crippen molar-refractivity contribution in [2.75, 3.05) is 0 Å². The van der Waals surface area contributed by atoms with Crippen molar-refractivity contribution in [2.24, 2.45) is 0 Å². The Hall–Kier alpha value is -1.88. The molecular weight excluding hydrogens is 268 g/mol. The molecule has 0 saturated carbocycles. The molecule has 2 N–H and O–H groups in total. The van der Waals surface area contributed by atoms with Crippen molar-refractivity contribution in [3.8, 4) is 0 Å². The zero-order valence-corrected chi connectivity index (χ0v) is 12.7. The summed E-state index contributed by atoms with van der Waals surface area (Å²) >= 11 is 5.33. The molecule has 2 aromatic rings. The molecule has 0 spiro atoms. The van der Waals surface area contributed by atoms with Gasteiger partial charge in [0.25, 0.3) is 0 Å². The van der Waals surface area contributed by atoms with Crippen LogP contribution in [0.2, 0.25) is 0 Å². The fourth-order valence-electron chi connectivity index (χ4n) is 2.04. The molecule has 1 aromatic carbocycles. The van der Waals surface area contributed by atoms with Gasteiger partial charge in [-0.25, -0.2) is 0 Å². The molecule has 0 aliphatic heterocycles. The maximum absolute atomic E-state index is 5.33. The van der Waals surface area contributed by atoms with Crippen LogP contribution in [0.15, 0.2) is 42.6 Å². The van der Waals surface area contributed by atoms with Gasteiger partial charge in [0.15, 0.2) is 5.11 Å². The lowest BCUT2D eigenvalue weighted by Crippen LogP contribution is -2.36. The highest BCUT2D eigenvalue weighted by atomic mass is 32.1. The first-order valence-corrected chi connectivity index (χ1v) is 7.21. The van der Waals surface area contributed by atoms with E-state index >= 15 is 0 Å². The number of hydrogen-bond donors (Lipinski definition) is 2. The van der Waals surface area contributed by atoms with Crippen LogP contribution in [0.5, 0.6) is 0 Å². The molecule has 0 saturated heterocycles. The predicted molar refractivity (Wildman–Crippen MR) is 85.3 cm³/mol. The molecule has 0 aliphatic carbocycles. The molecule has 0 bridgehead atoms.